The van der Waals surface area contributed by atoms with Crippen LogP contribution in [-0.4, -0.2) is 4.98 Å². The zero-order valence-corrected chi connectivity index (χ0v) is 10.2. The SMILES string of the molecule is Cc1ncc(CNc2cccc(C#N)c2N)s1. The Hall–Kier alpha value is -2.06. The van der Waals surface area contributed by atoms with E-state index in [9.17, 15) is 0 Å². The van der Waals surface area contributed by atoms with Crippen LogP contribution in [-0.2, 0) is 6.54 Å². The second kappa shape index (κ2) is 4.85. The van der Waals surface area contributed by atoms with E-state index in [-0.39, 0.29) is 0 Å². The number of aryl methyl sites for hydroxylation is 1. The number of nitrogens with zero attached hydrogens (tertiary/aromatic N) is 2. The summed E-state index contributed by atoms with van der Waals surface area (Å²) in [6.45, 7) is 2.64. The Morgan fingerprint density at radius 1 is 1.53 bits per heavy atom. The van der Waals surface area contributed by atoms with Crippen LogP contribution in [0, 0.1) is 18.3 Å². The molecule has 0 aliphatic heterocycles. The highest BCUT2D eigenvalue weighted by atomic mass is 32.1. The van der Waals surface area contributed by atoms with E-state index < -0.39 is 0 Å². The van der Waals surface area contributed by atoms with Crippen molar-refractivity contribution in [3.8, 4) is 6.07 Å². The molecule has 0 saturated heterocycles. The normalized spacial score (nSPS) is 9.88. The summed E-state index contributed by atoms with van der Waals surface area (Å²) in [5.41, 5.74) is 7.65. The molecule has 1 aromatic carbocycles. The van der Waals surface area contributed by atoms with Crippen LogP contribution in [0.1, 0.15) is 15.4 Å². The molecule has 0 saturated carbocycles. The number of para-hydroxylation sites is 1. The number of rotatable bonds is 3. The van der Waals surface area contributed by atoms with E-state index in [0.29, 0.717) is 17.8 Å². The van der Waals surface area contributed by atoms with Crippen molar-refractivity contribution in [3.63, 3.8) is 0 Å². The number of hydrogen-bond acceptors (Lipinski definition) is 5. The van der Waals surface area contributed by atoms with E-state index in [1.54, 1.807) is 17.4 Å². The van der Waals surface area contributed by atoms with Crippen molar-refractivity contribution in [2.45, 2.75) is 13.5 Å². The molecule has 3 N–H and O–H groups in total. The molecule has 0 unspecified atom stereocenters. The minimum atomic E-state index is 0.496. The van der Waals surface area contributed by atoms with Crippen molar-refractivity contribution in [2.24, 2.45) is 0 Å². The standard InChI is InChI=1S/C12H12N4S/c1-8-15-6-10(17-8)7-16-11-4-2-3-9(5-13)12(11)14/h2-4,6,16H,7,14H2,1H3. The summed E-state index contributed by atoms with van der Waals surface area (Å²) in [6, 6.07) is 7.45. The van der Waals surface area contributed by atoms with Crippen LogP contribution >= 0.6 is 11.3 Å². The van der Waals surface area contributed by atoms with Crippen LogP contribution in [0.2, 0.25) is 0 Å². The molecule has 0 radical (unpaired) electrons. The number of hydrogen-bond donors (Lipinski definition) is 2. The average molecular weight is 244 g/mol. The second-order valence-corrected chi connectivity index (χ2v) is 4.90. The Morgan fingerprint density at radius 2 is 2.35 bits per heavy atom. The average Bonchev–Trinajstić information content (AvgIpc) is 2.74. The zero-order valence-electron chi connectivity index (χ0n) is 9.40. The van der Waals surface area contributed by atoms with Crippen LogP contribution in [0.5, 0.6) is 0 Å². The van der Waals surface area contributed by atoms with Crippen molar-refractivity contribution < 1.29 is 0 Å². The molecule has 1 aromatic heterocycles. The van der Waals surface area contributed by atoms with Gasteiger partial charge in [-0.2, -0.15) is 5.26 Å². The summed E-state index contributed by atoms with van der Waals surface area (Å²) >= 11 is 1.64. The van der Waals surface area contributed by atoms with Gasteiger partial charge in [-0.25, -0.2) is 4.98 Å². The van der Waals surface area contributed by atoms with Gasteiger partial charge in [-0.3, -0.25) is 0 Å². The highest BCUT2D eigenvalue weighted by Gasteiger charge is 2.04. The Balaban J connectivity index is 2.12. The first-order valence-corrected chi connectivity index (χ1v) is 5.96. The van der Waals surface area contributed by atoms with Crippen LogP contribution < -0.4 is 11.1 Å². The molecule has 4 nitrogen and oxygen atoms in total. The predicted octanol–water partition coefficient (Wildman–Crippen LogP) is 2.52. The molecule has 2 aromatic rings. The van der Waals surface area contributed by atoms with Gasteiger partial charge in [0.25, 0.3) is 0 Å². The van der Waals surface area contributed by atoms with Gasteiger partial charge in [0.2, 0.25) is 0 Å². The number of benzene rings is 1. The van der Waals surface area contributed by atoms with Crippen LogP contribution in [0.25, 0.3) is 0 Å². The minimum absolute atomic E-state index is 0.496. The number of aromatic nitrogens is 1. The molecule has 0 aliphatic rings. The molecule has 17 heavy (non-hydrogen) atoms. The van der Waals surface area contributed by atoms with Crippen molar-refractivity contribution >= 4 is 22.7 Å². The first-order chi connectivity index (χ1) is 8.20. The predicted molar refractivity (Wildman–Crippen MR) is 69.7 cm³/mol. The summed E-state index contributed by atoms with van der Waals surface area (Å²) in [5, 5.41) is 13.1. The summed E-state index contributed by atoms with van der Waals surface area (Å²) in [5.74, 6) is 0. The summed E-state index contributed by atoms with van der Waals surface area (Å²) in [4.78, 5) is 5.32. The van der Waals surface area contributed by atoms with Crippen LogP contribution in [0.4, 0.5) is 11.4 Å². The lowest BCUT2D eigenvalue weighted by atomic mass is 10.1. The highest BCUT2D eigenvalue weighted by Crippen LogP contribution is 2.23. The van der Waals surface area contributed by atoms with E-state index in [1.807, 2.05) is 25.3 Å². The lowest BCUT2D eigenvalue weighted by Crippen LogP contribution is -2.02. The third-order valence-corrected chi connectivity index (χ3v) is 3.26. The third kappa shape index (κ3) is 2.55. The smallest absolute Gasteiger partial charge is 0.101 e. The molecule has 0 fully saturated rings. The van der Waals surface area contributed by atoms with Gasteiger partial charge in [0.1, 0.15) is 6.07 Å². The third-order valence-electron chi connectivity index (χ3n) is 2.35. The maximum Gasteiger partial charge on any atom is 0.101 e. The summed E-state index contributed by atoms with van der Waals surface area (Å²) in [7, 11) is 0. The number of anilines is 2. The summed E-state index contributed by atoms with van der Waals surface area (Å²) in [6.07, 6.45) is 1.84. The Kier molecular flexibility index (Phi) is 3.26. The van der Waals surface area contributed by atoms with Gasteiger partial charge in [-0.1, -0.05) is 6.07 Å². The highest BCUT2D eigenvalue weighted by molar-refractivity contribution is 7.11. The second-order valence-electron chi connectivity index (χ2n) is 3.58. The van der Waals surface area contributed by atoms with E-state index in [2.05, 4.69) is 16.4 Å². The number of nitriles is 1. The number of nitrogen functional groups attached to an aromatic ring is 1. The van der Waals surface area contributed by atoms with Crippen molar-refractivity contribution in [2.75, 3.05) is 11.1 Å². The minimum Gasteiger partial charge on any atom is -0.396 e. The van der Waals surface area contributed by atoms with E-state index in [0.717, 1.165) is 15.6 Å². The van der Waals surface area contributed by atoms with E-state index >= 15 is 0 Å². The van der Waals surface area contributed by atoms with Gasteiger partial charge >= 0.3 is 0 Å². The molecular formula is C12H12N4S. The molecule has 1 heterocycles. The molecule has 0 bridgehead atoms. The monoisotopic (exact) mass is 244 g/mol. The van der Waals surface area contributed by atoms with Crippen LogP contribution in [0.15, 0.2) is 24.4 Å². The first-order valence-electron chi connectivity index (χ1n) is 5.14. The zero-order chi connectivity index (χ0) is 12.3. The number of nitrogens with one attached hydrogen (secondary N) is 1. The van der Waals surface area contributed by atoms with Crippen molar-refractivity contribution in [3.05, 3.63) is 39.8 Å². The topological polar surface area (TPSA) is 74.7 Å². The molecule has 0 aliphatic carbocycles. The van der Waals surface area contributed by atoms with Gasteiger partial charge in [-0.15, -0.1) is 11.3 Å². The molecule has 86 valence electrons. The molecule has 5 heteroatoms. The van der Waals surface area contributed by atoms with Crippen LogP contribution in [0.3, 0.4) is 0 Å². The quantitative estimate of drug-likeness (QED) is 0.813. The van der Waals surface area contributed by atoms with E-state index in [1.165, 1.54) is 0 Å². The van der Waals surface area contributed by atoms with Gasteiger partial charge < -0.3 is 11.1 Å². The molecular weight excluding hydrogens is 232 g/mol. The van der Waals surface area contributed by atoms with Gasteiger partial charge in [-0.05, 0) is 19.1 Å². The maximum absolute atomic E-state index is 8.87. The Morgan fingerprint density at radius 3 is 3.00 bits per heavy atom. The van der Waals surface area contributed by atoms with E-state index in [4.69, 9.17) is 11.0 Å². The molecule has 0 atom stereocenters. The van der Waals surface area contributed by atoms with Crippen molar-refractivity contribution in [1.82, 2.24) is 4.98 Å². The van der Waals surface area contributed by atoms with Crippen molar-refractivity contribution in [1.29, 1.82) is 5.26 Å². The number of thiazole rings is 1. The number of nitrogens with two attached hydrogens (primary N) is 1. The fourth-order valence-corrected chi connectivity index (χ4v) is 2.22. The lowest BCUT2D eigenvalue weighted by Gasteiger charge is -2.08. The largest absolute Gasteiger partial charge is 0.396 e. The Labute approximate surface area is 104 Å². The molecule has 0 spiro atoms. The molecule has 0 amide bonds. The first kappa shape index (κ1) is 11.4. The summed E-state index contributed by atoms with van der Waals surface area (Å²) < 4.78 is 0. The van der Waals surface area contributed by atoms with Gasteiger partial charge in [0, 0.05) is 11.1 Å². The van der Waals surface area contributed by atoms with Gasteiger partial charge in [0.15, 0.2) is 0 Å². The lowest BCUT2D eigenvalue weighted by molar-refractivity contribution is 1.17. The van der Waals surface area contributed by atoms with Gasteiger partial charge in [0.05, 0.1) is 28.5 Å². The fraction of sp³-hybridized carbons (Fsp3) is 0.167. The molecule has 2 rings (SSSR count). The Bertz CT molecular complexity index is 568. The maximum atomic E-state index is 8.87. The fourth-order valence-electron chi connectivity index (χ4n) is 1.49.